The largest absolute Gasteiger partial charge is 0.379 e. The first kappa shape index (κ1) is 17.8. The van der Waals surface area contributed by atoms with Crippen LogP contribution in [0, 0.1) is 11.7 Å². The molecule has 5 nitrogen and oxygen atoms in total. The summed E-state index contributed by atoms with van der Waals surface area (Å²) in [7, 11) is -3.33. The molecule has 2 aliphatic rings. The van der Waals surface area contributed by atoms with Gasteiger partial charge in [-0.3, -0.25) is 4.90 Å². The van der Waals surface area contributed by atoms with Crippen molar-refractivity contribution in [2.75, 3.05) is 45.9 Å². The Morgan fingerprint density at radius 1 is 1.04 bits per heavy atom. The Labute approximate surface area is 143 Å². The fourth-order valence-corrected chi connectivity index (χ4v) is 4.96. The lowest BCUT2D eigenvalue weighted by Gasteiger charge is -2.35. The number of nitrogens with zero attached hydrogens (tertiary/aromatic N) is 2. The highest BCUT2D eigenvalue weighted by atomic mass is 32.2. The molecule has 1 aromatic carbocycles. The highest BCUT2D eigenvalue weighted by Gasteiger charge is 2.29. The fourth-order valence-electron chi connectivity index (χ4n) is 3.40. The van der Waals surface area contributed by atoms with E-state index < -0.39 is 10.0 Å². The van der Waals surface area contributed by atoms with E-state index in [1.165, 1.54) is 24.3 Å². The zero-order valence-electron chi connectivity index (χ0n) is 13.9. The Morgan fingerprint density at radius 2 is 1.67 bits per heavy atom. The monoisotopic (exact) mass is 356 g/mol. The van der Waals surface area contributed by atoms with Crippen LogP contribution >= 0.6 is 0 Å². The van der Waals surface area contributed by atoms with Crippen LogP contribution in [-0.4, -0.2) is 63.6 Å². The summed E-state index contributed by atoms with van der Waals surface area (Å²) in [5, 5.41) is 0. The Balaban J connectivity index is 1.50. The van der Waals surface area contributed by atoms with Crippen molar-refractivity contribution in [1.29, 1.82) is 0 Å². The maximum absolute atomic E-state index is 12.9. The van der Waals surface area contributed by atoms with E-state index in [1.54, 1.807) is 4.31 Å². The number of sulfonamides is 1. The highest BCUT2D eigenvalue weighted by Crippen LogP contribution is 2.23. The second kappa shape index (κ2) is 7.91. The average Bonchev–Trinajstić information content (AvgIpc) is 2.58. The van der Waals surface area contributed by atoms with Crippen molar-refractivity contribution in [2.24, 2.45) is 5.92 Å². The first-order chi connectivity index (χ1) is 11.5. The summed E-state index contributed by atoms with van der Waals surface area (Å²) >= 11 is 0. The first-order valence-corrected chi connectivity index (χ1v) is 10.2. The molecule has 0 N–H and O–H groups in total. The number of piperidine rings is 1. The molecule has 0 bridgehead atoms. The molecule has 0 amide bonds. The molecule has 0 atom stereocenters. The normalized spacial score (nSPS) is 21.9. The number of benzene rings is 1. The minimum atomic E-state index is -3.33. The van der Waals surface area contributed by atoms with Gasteiger partial charge in [0.1, 0.15) is 5.82 Å². The molecule has 0 aromatic heterocycles. The molecular formula is C17H25FN2O3S. The predicted octanol–water partition coefficient (Wildman–Crippen LogP) is 1.70. The van der Waals surface area contributed by atoms with Crippen molar-refractivity contribution in [3.63, 3.8) is 0 Å². The smallest absolute Gasteiger partial charge is 0.218 e. The van der Waals surface area contributed by atoms with E-state index >= 15 is 0 Å². The van der Waals surface area contributed by atoms with Crippen LogP contribution in [0.4, 0.5) is 4.39 Å². The van der Waals surface area contributed by atoms with Crippen molar-refractivity contribution >= 4 is 10.0 Å². The highest BCUT2D eigenvalue weighted by molar-refractivity contribution is 7.88. The summed E-state index contributed by atoms with van der Waals surface area (Å²) in [6, 6.07) is 5.69. The van der Waals surface area contributed by atoms with E-state index in [0.717, 1.165) is 45.7 Å². The second-order valence-corrected chi connectivity index (χ2v) is 8.61. The zero-order valence-corrected chi connectivity index (χ0v) is 14.7. The van der Waals surface area contributed by atoms with Crippen LogP contribution in [0.3, 0.4) is 0 Å². The average molecular weight is 356 g/mol. The molecule has 0 spiro atoms. The molecule has 2 fully saturated rings. The summed E-state index contributed by atoms with van der Waals surface area (Å²) in [5.74, 6) is 0.155. The zero-order chi connectivity index (χ0) is 17.0. The van der Waals surface area contributed by atoms with Crippen molar-refractivity contribution in [3.8, 4) is 0 Å². The molecule has 2 aliphatic heterocycles. The van der Waals surface area contributed by atoms with E-state index in [9.17, 15) is 12.8 Å². The number of morpholine rings is 1. The maximum Gasteiger partial charge on any atom is 0.218 e. The molecule has 3 rings (SSSR count). The third-order valence-electron chi connectivity index (χ3n) is 4.85. The summed E-state index contributed by atoms with van der Waals surface area (Å²) < 4.78 is 45.0. The van der Waals surface area contributed by atoms with Gasteiger partial charge in [0.15, 0.2) is 0 Å². The van der Waals surface area contributed by atoms with Crippen molar-refractivity contribution in [2.45, 2.75) is 18.6 Å². The quantitative estimate of drug-likeness (QED) is 0.806. The number of ether oxygens (including phenoxy) is 1. The molecule has 0 saturated carbocycles. The molecule has 134 valence electrons. The predicted molar refractivity (Wildman–Crippen MR) is 90.6 cm³/mol. The lowest BCUT2D eigenvalue weighted by molar-refractivity contribution is 0.0269. The van der Waals surface area contributed by atoms with Gasteiger partial charge in [-0.05, 0) is 36.5 Å². The Kier molecular flexibility index (Phi) is 5.86. The molecular weight excluding hydrogens is 331 g/mol. The van der Waals surface area contributed by atoms with Gasteiger partial charge in [-0.1, -0.05) is 12.1 Å². The Morgan fingerprint density at radius 3 is 2.29 bits per heavy atom. The molecule has 7 heteroatoms. The van der Waals surface area contributed by atoms with Crippen molar-refractivity contribution in [1.82, 2.24) is 9.21 Å². The van der Waals surface area contributed by atoms with Crippen molar-refractivity contribution in [3.05, 3.63) is 35.6 Å². The summed E-state index contributed by atoms with van der Waals surface area (Å²) in [6.45, 7) is 5.74. The Bertz CT molecular complexity index is 622. The number of rotatable bonds is 5. The fraction of sp³-hybridized carbons (Fsp3) is 0.647. The van der Waals surface area contributed by atoms with Gasteiger partial charge in [0, 0.05) is 32.7 Å². The van der Waals surface area contributed by atoms with E-state index in [1.807, 2.05) is 0 Å². The van der Waals surface area contributed by atoms with Crippen LogP contribution in [0.15, 0.2) is 24.3 Å². The molecule has 24 heavy (non-hydrogen) atoms. The SMILES string of the molecule is O=S(=O)(Cc1ccc(F)cc1)N1CCC(CN2CCOCC2)CC1. The van der Waals surface area contributed by atoms with Gasteiger partial charge in [0.2, 0.25) is 10.0 Å². The number of hydrogen-bond acceptors (Lipinski definition) is 4. The number of hydrogen-bond donors (Lipinski definition) is 0. The van der Waals surface area contributed by atoms with Crippen LogP contribution in [0.25, 0.3) is 0 Å². The van der Waals surface area contributed by atoms with Gasteiger partial charge in [0.05, 0.1) is 19.0 Å². The number of halogens is 1. The minimum Gasteiger partial charge on any atom is -0.379 e. The standard InChI is InChI=1S/C17H25FN2O3S/c18-17-3-1-16(2-4-17)14-24(21,22)20-7-5-15(6-8-20)13-19-9-11-23-12-10-19/h1-4,15H,5-14H2. The molecule has 0 aliphatic carbocycles. The summed E-state index contributed by atoms with van der Waals surface area (Å²) in [6.07, 6.45) is 1.81. The third-order valence-corrected chi connectivity index (χ3v) is 6.70. The molecule has 1 aromatic rings. The van der Waals surface area contributed by atoms with E-state index in [2.05, 4.69) is 4.90 Å². The van der Waals surface area contributed by atoms with Gasteiger partial charge in [0.25, 0.3) is 0 Å². The summed E-state index contributed by atoms with van der Waals surface area (Å²) in [5.41, 5.74) is 0.631. The van der Waals surface area contributed by atoms with Gasteiger partial charge in [-0.15, -0.1) is 0 Å². The van der Waals surface area contributed by atoms with Gasteiger partial charge >= 0.3 is 0 Å². The maximum atomic E-state index is 12.9. The van der Waals surface area contributed by atoms with E-state index in [-0.39, 0.29) is 11.6 Å². The van der Waals surface area contributed by atoms with Crippen molar-refractivity contribution < 1.29 is 17.5 Å². The van der Waals surface area contributed by atoms with Crippen LogP contribution < -0.4 is 0 Å². The van der Waals surface area contributed by atoms with Crippen LogP contribution in [0.2, 0.25) is 0 Å². The van der Waals surface area contributed by atoms with E-state index in [0.29, 0.717) is 24.6 Å². The van der Waals surface area contributed by atoms with Gasteiger partial charge < -0.3 is 4.74 Å². The Hall–Kier alpha value is -1.02. The van der Waals surface area contributed by atoms with E-state index in [4.69, 9.17) is 4.74 Å². The van der Waals surface area contributed by atoms with Gasteiger partial charge in [-0.25, -0.2) is 17.1 Å². The van der Waals surface area contributed by atoms with Crippen LogP contribution in [0.5, 0.6) is 0 Å². The molecule has 2 heterocycles. The van der Waals surface area contributed by atoms with Crippen LogP contribution in [0.1, 0.15) is 18.4 Å². The van der Waals surface area contributed by atoms with Gasteiger partial charge in [-0.2, -0.15) is 0 Å². The minimum absolute atomic E-state index is 0.0542. The third kappa shape index (κ3) is 4.75. The first-order valence-electron chi connectivity index (χ1n) is 8.55. The molecule has 2 saturated heterocycles. The molecule has 0 unspecified atom stereocenters. The second-order valence-electron chi connectivity index (χ2n) is 6.64. The lowest BCUT2D eigenvalue weighted by atomic mass is 9.97. The topological polar surface area (TPSA) is 49.9 Å². The molecule has 0 radical (unpaired) electrons. The summed E-state index contributed by atoms with van der Waals surface area (Å²) in [4.78, 5) is 2.41. The lowest BCUT2D eigenvalue weighted by Crippen LogP contribution is -2.44. The van der Waals surface area contributed by atoms with Crippen LogP contribution in [-0.2, 0) is 20.5 Å².